The smallest absolute Gasteiger partial charge is 0.275 e. The van der Waals surface area contributed by atoms with Crippen LogP contribution < -0.4 is 11.2 Å². The first-order valence-corrected chi connectivity index (χ1v) is 5.48. The summed E-state index contributed by atoms with van der Waals surface area (Å²) in [5.41, 5.74) is 9.28. The van der Waals surface area contributed by atoms with Crippen LogP contribution in [0.2, 0.25) is 0 Å². The second kappa shape index (κ2) is 8.91. The number of nitro groups is 1. The minimum atomic E-state index is -0.797. The molecule has 0 spiro atoms. The average Bonchev–Trinajstić information content (AvgIpc) is 2.23. The monoisotopic (exact) mass is 253 g/mol. The van der Waals surface area contributed by atoms with Gasteiger partial charge in [-0.15, -0.1) is 5.10 Å². The van der Waals surface area contributed by atoms with Crippen LogP contribution in [-0.4, -0.2) is 17.2 Å². The van der Waals surface area contributed by atoms with E-state index in [1.165, 1.54) is 11.8 Å². The molecular weight excluding hydrogens is 234 g/mol. The zero-order valence-corrected chi connectivity index (χ0v) is 10.9. The molecule has 0 heterocycles. The van der Waals surface area contributed by atoms with Crippen molar-refractivity contribution >= 4 is 12.2 Å². The Morgan fingerprint density at radius 1 is 1.44 bits per heavy atom. The SMILES string of the molecule is CC(C)=CCC/C(C)=C/C=N\N=C(N)N[N+](=O)[O-]. The fourth-order valence-electron chi connectivity index (χ4n) is 1.04. The molecule has 0 atom stereocenters. The summed E-state index contributed by atoms with van der Waals surface area (Å²) in [6.45, 7) is 6.09. The van der Waals surface area contributed by atoms with Crippen LogP contribution in [0.4, 0.5) is 0 Å². The molecule has 7 heteroatoms. The topological polar surface area (TPSA) is 106 Å². The van der Waals surface area contributed by atoms with Gasteiger partial charge in [-0.05, 0) is 39.7 Å². The minimum absolute atomic E-state index is 0.355. The Labute approximate surface area is 106 Å². The van der Waals surface area contributed by atoms with Crippen LogP contribution in [0.25, 0.3) is 0 Å². The van der Waals surface area contributed by atoms with E-state index < -0.39 is 5.03 Å². The first kappa shape index (κ1) is 15.8. The maximum absolute atomic E-state index is 9.99. The second-order valence-corrected chi connectivity index (χ2v) is 3.95. The summed E-state index contributed by atoms with van der Waals surface area (Å²) < 4.78 is 0. The molecule has 0 aliphatic heterocycles. The lowest BCUT2D eigenvalue weighted by molar-refractivity contribution is -0.525. The number of hydrazine groups is 1. The van der Waals surface area contributed by atoms with E-state index in [4.69, 9.17) is 5.73 Å². The number of nitrogens with one attached hydrogen (secondary N) is 1. The number of allylic oxidation sites excluding steroid dienone is 4. The highest BCUT2D eigenvalue weighted by atomic mass is 16.7. The zero-order chi connectivity index (χ0) is 14.0. The van der Waals surface area contributed by atoms with Gasteiger partial charge in [0.2, 0.25) is 0 Å². The third-order valence-electron chi connectivity index (χ3n) is 1.89. The van der Waals surface area contributed by atoms with E-state index in [0.29, 0.717) is 0 Å². The highest BCUT2D eigenvalue weighted by Gasteiger charge is 1.96. The molecule has 0 aromatic carbocycles. The summed E-state index contributed by atoms with van der Waals surface area (Å²) in [5.74, 6) is -0.355. The van der Waals surface area contributed by atoms with Crippen molar-refractivity contribution in [2.75, 3.05) is 0 Å². The number of hydrogen-bond acceptors (Lipinski definition) is 4. The van der Waals surface area contributed by atoms with Gasteiger partial charge in [0, 0.05) is 6.21 Å². The predicted molar refractivity (Wildman–Crippen MR) is 72.7 cm³/mol. The van der Waals surface area contributed by atoms with Crippen LogP contribution in [-0.2, 0) is 0 Å². The van der Waals surface area contributed by atoms with Gasteiger partial charge in [0.1, 0.15) is 0 Å². The van der Waals surface area contributed by atoms with Gasteiger partial charge in [0.25, 0.3) is 5.96 Å². The Morgan fingerprint density at radius 3 is 2.67 bits per heavy atom. The molecule has 0 unspecified atom stereocenters. The Bertz CT molecular complexity index is 392. The standard InChI is InChI=1S/C11H19N5O2/c1-9(2)5-4-6-10(3)7-8-13-14-11(12)15-16(17)18/h5,7-8H,4,6H2,1-3H3,(H3,12,14,15)/b10-7+,13-8-. The number of guanidine groups is 1. The quantitative estimate of drug-likeness (QED) is 0.247. The van der Waals surface area contributed by atoms with Gasteiger partial charge < -0.3 is 5.73 Å². The molecule has 7 nitrogen and oxygen atoms in total. The number of rotatable bonds is 6. The molecule has 0 rings (SSSR count). The second-order valence-electron chi connectivity index (χ2n) is 3.95. The number of hydrogen-bond donors (Lipinski definition) is 2. The van der Waals surface area contributed by atoms with E-state index in [2.05, 4.69) is 30.1 Å². The van der Waals surface area contributed by atoms with Crippen molar-refractivity contribution in [1.29, 1.82) is 0 Å². The fourth-order valence-corrected chi connectivity index (χ4v) is 1.04. The summed E-state index contributed by atoms with van der Waals surface area (Å²) in [6.07, 6.45) is 7.32. The minimum Gasteiger partial charge on any atom is -0.364 e. The van der Waals surface area contributed by atoms with Gasteiger partial charge in [0.05, 0.1) is 0 Å². The third kappa shape index (κ3) is 10.3. The van der Waals surface area contributed by atoms with Gasteiger partial charge in [-0.2, -0.15) is 5.10 Å². The van der Waals surface area contributed by atoms with Gasteiger partial charge >= 0.3 is 0 Å². The van der Waals surface area contributed by atoms with Gasteiger partial charge in [-0.3, -0.25) is 0 Å². The summed E-state index contributed by atoms with van der Waals surface area (Å²) in [7, 11) is 0. The first-order valence-electron chi connectivity index (χ1n) is 5.48. The number of nitrogens with two attached hydrogens (primary N) is 1. The summed E-state index contributed by atoms with van der Waals surface area (Å²) in [4.78, 5) is 9.99. The van der Waals surface area contributed by atoms with Crippen molar-refractivity contribution < 1.29 is 5.03 Å². The van der Waals surface area contributed by atoms with Crippen LogP contribution in [0, 0.1) is 10.1 Å². The molecule has 18 heavy (non-hydrogen) atoms. The van der Waals surface area contributed by atoms with E-state index in [1.54, 1.807) is 11.5 Å². The highest BCUT2D eigenvalue weighted by molar-refractivity contribution is 5.78. The zero-order valence-electron chi connectivity index (χ0n) is 10.9. The van der Waals surface area contributed by atoms with Gasteiger partial charge in [0.15, 0.2) is 5.03 Å². The first-order chi connectivity index (χ1) is 8.41. The average molecular weight is 253 g/mol. The molecule has 0 saturated carbocycles. The van der Waals surface area contributed by atoms with Gasteiger partial charge in [-0.1, -0.05) is 22.6 Å². The lowest BCUT2D eigenvalue weighted by Crippen LogP contribution is -2.35. The molecule has 0 radical (unpaired) electrons. The normalized spacial score (nSPS) is 12.6. The third-order valence-corrected chi connectivity index (χ3v) is 1.89. The summed E-state index contributed by atoms with van der Waals surface area (Å²) in [6, 6.07) is 0. The molecule has 0 aliphatic rings. The molecule has 0 fully saturated rings. The largest absolute Gasteiger partial charge is 0.364 e. The maximum Gasteiger partial charge on any atom is 0.275 e. The van der Waals surface area contributed by atoms with Crippen molar-refractivity contribution in [3.05, 3.63) is 33.4 Å². The van der Waals surface area contributed by atoms with E-state index >= 15 is 0 Å². The molecule has 0 saturated heterocycles. The van der Waals surface area contributed by atoms with Crippen molar-refractivity contribution in [3.63, 3.8) is 0 Å². The van der Waals surface area contributed by atoms with E-state index in [0.717, 1.165) is 18.4 Å². The lowest BCUT2D eigenvalue weighted by atomic mass is 10.1. The van der Waals surface area contributed by atoms with Crippen LogP contribution in [0.5, 0.6) is 0 Å². The van der Waals surface area contributed by atoms with Crippen LogP contribution in [0.3, 0.4) is 0 Å². The molecule has 0 amide bonds. The molecular formula is C11H19N5O2. The Hall–Kier alpha value is -2.18. The molecule has 3 N–H and O–H groups in total. The molecule has 0 bridgehead atoms. The summed E-state index contributed by atoms with van der Waals surface area (Å²) in [5, 5.41) is 16.2. The Morgan fingerprint density at radius 2 is 2.11 bits per heavy atom. The van der Waals surface area contributed by atoms with E-state index in [1.807, 2.05) is 6.92 Å². The molecule has 100 valence electrons. The van der Waals surface area contributed by atoms with E-state index in [9.17, 15) is 10.1 Å². The van der Waals surface area contributed by atoms with Crippen LogP contribution in [0.15, 0.2) is 33.5 Å². The molecule has 0 aromatic heterocycles. The summed E-state index contributed by atoms with van der Waals surface area (Å²) >= 11 is 0. The van der Waals surface area contributed by atoms with Crippen molar-refractivity contribution in [2.45, 2.75) is 33.6 Å². The Kier molecular flexibility index (Phi) is 7.83. The highest BCUT2D eigenvalue weighted by Crippen LogP contribution is 2.05. The number of nitrogens with zero attached hydrogens (tertiary/aromatic N) is 3. The van der Waals surface area contributed by atoms with Crippen molar-refractivity contribution in [1.82, 2.24) is 5.43 Å². The van der Waals surface area contributed by atoms with Crippen LogP contribution in [0.1, 0.15) is 33.6 Å². The predicted octanol–water partition coefficient (Wildman–Crippen LogP) is 1.76. The molecule has 0 aliphatic carbocycles. The van der Waals surface area contributed by atoms with Gasteiger partial charge in [-0.25, -0.2) is 10.1 Å². The fraction of sp³-hybridized carbons (Fsp3) is 0.455. The van der Waals surface area contributed by atoms with E-state index in [-0.39, 0.29) is 5.96 Å². The molecule has 0 aromatic rings. The lowest BCUT2D eigenvalue weighted by Gasteiger charge is -1.96. The van der Waals surface area contributed by atoms with Crippen molar-refractivity contribution in [3.8, 4) is 0 Å². The van der Waals surface area contributed by atoms with Crippen molar-refractivity contribution in [2.24, 2.45) is 15.9 Å². The maximum atomic E-state index is 9.99. The Balaban J connectivity index is 4.12. The van der Waals surface area contributed by atoms with Crippen LogP contribution >= 0.6 is 0 Å².